The summed E-state index contributed by atoms with van der Waals surface area (Å²) in [6.07, 6.45) is 18.4. The number of rotatable bonds is 9. The Balaban J connectivity index is 1.19. The number of benzene rings is 1. The highest BCUT2D eigenvalue weighted by atomic mass is 16.5. The van der Waals surface area contributed by atoms with Crippen LogP contribution in [0.1, 0.15) is 117 Å². The minimum absolute atomic E-state index is 0.0234. The first-order valence-electron chi connectivity index (χ1n) is 16.1. The molecule has 0 aliphatic heterocycles. The highest BCUT2D eigenvalue weighted by molar-refractivity contribution is 5.70. The molecule has 0 radical (unpaired) electrons. The Kier molecular flexibility index (Phi) is 8.47. The largest absolute Gasteiger partial charge is 0.462 e. The number of hydrogen-bond acceptors (Lipinski definition) is 2. The van der Waals surface area contributed by atoms with E-state index in [0.29, 0.717) is 17.3 Å². The van der Waals surface area contributed by atoms with Crippen LogP contribution in [0.15, 0.2) is 42.0 Å². The summed E-state index contributed by atoms with van der Waals surface area (Å²) in [7, 11) is 0. The summed E-state index contributed by atoms with van der Waals surface area (Å²) in [5, 5.41) is 0. The van der Waals surface area contributed by atoms with E-state index < -0.39 is 0 Å². The van der Waals surface area contributed by atoms with Gasteiger partial charge in [-0.1, -0.05) is 95.9 Å². The van der Waals surface area contributed by atoms with E-state index >= 15 is 0 Å². The van der Waals surface area contributed by atoms with Gasteiger partial charge in [-0.2, -0.15) is 0 Å². The lowest BCUT2D eigenvalue weighted by molar-refractivity contribution is -0.151. The van der Waals surface area contributed by atoms with Gasteiger partial charge in [0.15, 0.2) is 0 Å². The van der Waals surface area contributed by atoms with Crippen LogP contribution >= 0.6 is 0 Å². The standard InChI is InChI=1S/C36H54O2/c1-25(2)10-9-11-26(3)31-17-18-32-30-16-15-28-24-29(38-34(37)19-14-27-12-7-6-8-13-27)20-22-35(28,4)33(30)21-23-36(31,32)5/h6-8,12-13,15,25-26,29-33H,9-11,14,16-24H2,1-5H3/t26?,29?,30-,31+,32-,33-,35-,36+/m0/s1. The van der Waals surface area contributed by atoms with Crippen molar-refractivity contribution in [1.82, 2.24) is 0 Å². The Morgan fingerprint density at radius 3 is 2.53 bits per heavy atom. The monoisotopic (exact) mass is 518 g/mol. The summed E-state index contributed by atoms with van der Waals surface area (Å²) in [6, 6.07) is 10.3. The van der Waals surface area contributed by atoms with Gasteiger partial charge in [-0.15, -0.1) is 0 Å². The van der Waals surface area contributed by atoms with Gasteiger partial charge in [-0.3, -0.25) is 4.79 Å². The van der Waals surface area contributed by atoms with E-state index in [1.54, 1.807) is 5.57 Å². The van der Waals surface area contributed by atoms with Crippen LogP contribution in [0.2, 0.25) is 0 Å². The fourth-order valence-electron chi connectivity index (χ4n) is 9.89. The molecule has 0 amide bonds. The van der Waals surface area contributed by atoms with Crippen molar-refractivity contribution in [3.63, 3.8) is 0 Å². The van der Waals surface area contributed by atoms with Crippen LogP contribution in [0.4, 0.5) is 0 Å². The molecule has 4 aliphatic carbocycles. The van der Waals surface area contributed by atoms with Gasteiger partial charge in [0.25, 0.3) is 0 Å². The second-order valence-electron chi connectivity index (χ2n) is 14.6. The van der Waals surface area contributed by atoms with E-state index in [1.165, 1.54) is 63.4 Å². The molecule has 210 valence electrons. The molecule has 0 heterocycles. The molecule has 1 aromatic carbocycles. The number of aryl methyl sites for hydroxylation is 1. The molecule has 1 aromatic rings. The number of hydrogen-bond donors (Lipinski definition) is 0. The molecule has 3 saturated carbocycles. The summed E-state index contributed by atoms with van der Waals surface area (Å²) < 4.78 is 6.04. The molecule has 3 fully saturated rings. The van der Waals surface area contributed by atoms with Crippen molar-refractivity contribution in [1.29, 1.82) is 0 Å². The fraction of sp³-hybridized carbons (Fsp3) is 0.750. The Bertz CT molecular complexity index is 978. The minimum Gasteiger partial charge on any atom is -0.462 e. The molecule has 0 aromatic heterocycles. The van der Waals surface area contributed by atoms with Crippen LogP contribution in [0, 0.1) is 46.3 Å². The zero-order chi connectivity index (χ0) is 26.9. The third kappa shape index (κ3) is 5.53. The lowest BCUT2D eigenvalue weighted by Gasteiger charge is -2.58. The van der Waals surface area contributed by atoms with Gasteiger partial charge in [-0.25, -0.2) is 0 Å². The van der Waals surface area contributed by atoms with Crippen LogP contribution in [-0.2, 0) is 16.0 Å². The number of ether oxygens (including phenoxy) is 1. The molecule has 2 heteroatoms. The van der Waals surface area contributed by atoms with Crippen LogP contribution < -0.4 is 0 Å². The Morgan fingerprint density at radius 2 is 1.76 bits per heavy atom. The third-order valence-electron chi connectivity index (χ3n) is 12.0. The molecule has 0 bridgehead atoms. The van der Waals surface area contributed by atoms with Crippen LogP contribution in [0.5, 0.6) is 0 Å². The Hall–Kier alpha value is -1.57. The molecule has 2 unspecified atom stereocenters. The van der Waals surface area contributed by atoms with Crippen molar-refractivity contribution in [2.75, 3.05) is 0 Å². The van der Waals surface area contributed by atoms with Gasteiger partial charge >= 0.3 is 5.97 Å². The van der Waals surface area contributed by atoms with Gasteiger partial charge in [0, 0.05) is 12.8 Å². The molecular weight excluding hydrogens is 464 g/mol. The highest BCUT2D eigenvalue weighted by Gasteiger charge is 2.59. The van der Waals surface area contributed by atoms with Crippen LogP contribution in [-0.4, -0.2) is 12.1 Å². The summed E-state index contributed by atoms with van der Waals surface area (Å²) in [5.41, 5.74) is 3.69. The Labute approximate surface area is 233 Å². The van der Waals surface area contributed by atoms with Crippen molar-refractivity contribution in [2.45, 2.75) is 124 Å². The molecule has 5 rings (SSSR count). The number of carbonyl (C=O) groups excluding carboxylic acids is 1. The molecular formula is C36H54O2. The zero-order valence-electron chi connectivity index (χ0n) is 25.0. The van der Waals surface area contributed by atoms with Gasteiger partial charge in [-0.05, 0) is 103 Å². The molecule has 8 atom stereocenters. The molecule has 0 N–H and O–H groups in total. The molecule has 0 spiro atoms. The fourth-order valence-corrected chi connectivity index (χ4v) is 9.89. The van der Waals surface area contributed by atoms with E-state index in [-0.39, 0.29) is 12.1 Å². The van der Waals surface area contributed by atoms with Crippen molar-refractivity contribution in [3.05, 3.63) is 47.5 Å². The van der Waals surface area contributed by atoms with E-state index in [4.69, 9.17) is 4.74 Å². The second kappa shape index (κ2) is 11.5. The maximum atomic E-state index is 12.7. The van der Waals surface area contributed by atoms with Gasteiger partial charge in [0.1, 0.15) is 6.10 Å². The van der Waals surface area contributed by atoms with Crippen molar-refractivity contribution in [2.24, 2.45) is 46.3 Å². The first-order valence-corrected chi connectivity index (χ1v) is 16.1. The summed E-state index contributed by atoms with van der Waals surface area (Å²) in [4.78, 5) is 12.7. The van der Waals surface area contributed by atoms with Crippen LogP contribution in [0.3, 0.4) is 0 Å². The van der Waals surface area contributed by atoms with Crippen molar-refractivity contribution in [3.8, 4) is 0 Å². The third-order valence-corrected chi connectivity index (χ3v) is 12.0. The van der Waals surface area contributed by atoms with E-state index in [9.17, 15) is 4.79 Å². The first-order chi connectivity index (χ1) is 18.2. The summed E-state index contributed by atoms with van der Waals surface area (Å²) in [6.45, 7) is 12.6. The SMILES string of the molecule is CC(C)CCCC(C)[C@H]1CC[C@H]2[C@@H]3CC=C4CC(OC(=O)CCc5ccccc5)CC[C@]4(C)[C@H]3CC[C@]12C. The molecule has 38 heavy (non-hydrogen) atoms. The predicted molar refractivity (Wildman–Crippen MR) is 158 cm³/mol. The van der Waals surface area contributed by atoms with Crippen molar-refractivity contribution < 1.29 is 9.53 Å². The maximum Gasteiger partial charge on any atom is 0.306 e. The molecule has 2 nitrogen and oxygen atoms in total. The normalized spacial score (nSPS) is 37.1. The Morgan fingerprint density at radius 1 is 0.974 bits per heavy atom. The van der Waals surface area contributed by atoms with E-state index in [1.807, 2.05) is 18.2 Å². The molecule has 0 saturated heterocycles. The minimum atomic E-state index is -0.0234. The summed E-state index contributed by atoms with van der Waals surface area (Å²) in [5.74, 6) is 5.20. The summed E-state index contributed by atoms with van der Waals surface area (Å²) >= 11 is 0. The maximum absolute atomic E-state index is 12.7. The van der Waals surface area contributed by atoms with Gasteiger partial charge in [0.05, 0.1) is 0 Å². The number of allylic oxidation sites excluding steroid dienone is 1. The van der Waals surface area contributed by atoms with E-state index in [2.05, 4.69) is 52.8 Å². The lowest BCUT2D eigenvalue weighted by Crippen LogP contribution is -2.51. The number of esters is 1. The van der Waals surface area contributed by atoms with Crippen LogP contribution in [0.25, 0.3) is 0 Å². The average molecular weight is 519 g/mol. The smallest absolute Gasteiger partial charge is 0.306 e. The lowest BCUT2D eigenvalue weighted by atomic mass is 9.47. The highest BCUT2D eigenvalue weighted by Crippen LogP contribution is 2.67. The first kappa shape index (κ1) is 28.0. The van der Waals surface area contributed by atoms with Gasteiger partial charge in [0.2, 0.25) is 0 Å². The van der Waals surface area contributed by atoms with E-state index in [0.717, 1.165) is 54.8 Å². The zero-order valence-corrected chi connectivity index (χ0v) is 25.0. The number of fused-ring (bicyclic) bond motifs is 5. The number of carbonyl (C=O) groups is 1. The topological polar surface area (TPSA) is 26.3 Å². The average Bonchev–Trinajstić information content (AvgIpc) is 3.25. The predicted octanol–water partition coefficient (Wildman–Crippen LogP) is 9.57. The molecule has 4 aliphatic rings. The quantitative estimate of drug-likeness (QED) is 0.240. The van der Waals surface area contributed by atoms with Crippen molar-refractivity contribution >= 4 is 5.97 Å². The van der Waals surface area contributed by atoms with Gasteiger partial charge < -0.3 is 4.74 Å². The second-order valence-corrected chi connectivity index (χ2v) is 14.6.